The molecule has 7 heteroatoms. The highest BCUT2D eigenvalue weighted by Gasteiger charge is 2.16. The lowest BCUT2D eigenvalue weighted by atomic mass is 10.2. The van der Waals surface area contributed by atoms with E-state index in [-0.39, 0.29) is 16.3 Å². The van der Waals surface area contributed by atoms with E-state index in [1.807, 2.05) is 0 Å². The summed E-state index contributed by atoms with van der Waals surface area (Å²) in [7, 11) is 0. The van der Waals surface area contributed by atoms with E-state index in [0.29, 0.717) is 0 Å². The van der Waals surface area contributed by atoms with E-state index in [4.69, 9.17) is 11.6 Å². The monoisotopic (exact) mass is 309 g/mol. The van der Waals surface area contributed by atoms with Crippen molar-refractivity contribution in [2.24, 2.45) is 5.10 Å². The number of hydrogen-bond acceptors (Lipinski definition) is 4. The Morgan fingerprint density at radius 2 is 1.90 bits per heavy atom. The number of carbonyl (C=O) groups excluding carboxylic acids is 1. The number of nitrogens with zero attached hydrogens (tertiary/aromatic N) is 2. The largest absolute Gasteiger partial charge is 0.288 e. The van der Waals surface area contributed by atoms with Gasteiger partial charge in [0.15, 0.2) is 0 Å². The molecule has 0 aliphatic heterocycles. The predicted octanol–water partition coefficient (Wildman–Crippen LogP) is 3.69. The summed E-state index contributed by atoms with van der Waals surface area (Å²) >= 11 is 5.71. The van der Waals surface area contributed by atoms with Gasteiger partial charge in [-0.2, -0.15) is 5.10 Å². The molecule has 1 saturated carbocycles. The summed E-state index contributed by atoms with van der Waals surface area (Å²) in [6.07, 6.45) is 6.33. The number of amides is 1. The van der Waals surface area contributed by atoms with Crippen LogP contribution in [-0.2, 0) is 0 Å². The molecule has 1 aromatic rings. The van der Waals surface area contributed by atoms with Gasteiger partial charge in [-0.05, 0) is 37.8 Å². The molecule has 1 fully saturated rings. The second kappa shape index (κ2) is 7.17. The number of hydrogen-bond donors (Lipinski definition) is 1. The Kier molecular flexibility index (Phi) is 5.27. The Bertz CT molecular complexity index is 577. The highest BCUT2D eigenvalue weighted by molar-refractivity contribution is 6.32. The van der Waals surface area contributed by atoms with Crippen molar-refractivity contribution in [2.45, 2.75) is 38.5 Å². The van der Waals surface area contributed by atoms with Crippen LogP contribution < -0.4 is 5.43 Å². The number of nitro benzene ring substituents is 1. The van der Waals surface area contributed by atoms with Crippen LogP contribution in [0.2, 0.25) is 5.02 Å². The van der Waals surface area contributed by atoms with Crippen molar-refractivity contribution in [3.8, 4) is 0 Å². The van der Waals surface area contributed by atoms with E-state index in [1.165, 1.54) is 25.0 Å². The van der Waals surface area contributed by atoms with Crippen LogP contribution in [0.15, 0.2) is 23.3 Å². The van der Waals surface area contributed by atoms with Gasteiger partial charge in [-0.15, -0.1) is 0 Å². The number of nitro groups is 1. The first-order chi connectivity index (χ1) is 10.1. The highest BCUT2D eigenvalue weighted by atomic mass is 35.5. The molecule has 1 aliphatic carbocycles. The van der Waals surface area contributed by atoms with Gasteiger partial charge in [-0.1, -0.05) is 24.4 Å². The van der Waals surface area contributed by atoms with Gasteiger partial charge >= 0.3 is 0 Å². The van der Waals surface area contributed by atoms with Crippen molar-refractivity contribution < 1.29 is 9.72 Å². The lowest BCUT2D eigenvalue weighted by Crippen LogP contribution is -2.19. The number of halogens is 1. The van der Waals surface area contributed by atoms with Crippen molar-refractivity contribution >= 4 is 28.9 Å². The van der Waals surface area contributed by atoms with Gasteiger partial charge in [-0.3, -0.25) is 14.9 Å². The molecule has 0 heterocycles. The predicted molar refractivity (Wildman–Crippen MR) is 80.7 cm³/mol. The summed E-state index contributed by atoms with van der Waals surface area (Å²) in [6.45, 7) is 0. The Hall–Kier alpha value is -1.95. The van der Waals surface area contributed by atoms with Crippen LogP contribution in [0.5, 0.6) is 0 Å². The third-order valence-corrected chi connectivity index (χ3v) is 3.72. The lowest BCUT2D eigenvalue weighted by Gasteiger charge is -2.04. The number of carbonyl (C=O) groups is 1. The average molecular weight is 310 g/mol. The number of benzene rings is 1. The fraction of sp³-hybridized carbons (Fsp3) is 0.429. The summed E-state index contributed by atoms with van der Waals surface area (Å²) in [5.41, 5.74) is 3.33. The van der Waals surface area contributed by atoms with Crippen molar-refractivity contribution in [3.63, 3.8) is 0 Å². The van der Waals surface area contributed by atoms with Gasteiger partial charge in [0.1, 0.15) is 5.02 Å². The summed E-state index contributed by atoms with van der Waals surface area (Å²) in [4.78, 5) is 22.2. The number of rotatable bonds is 3. The molecule has 0 bridgehead atoms. The fourth-order valence-electron chi connectivity index (χ4n) is 2.24. The van der Waals surface area contributed by atoms with E-state index in [2.05, 4.69) is 10.5 Å². The molecule has 0 radical (unpaired) electrons. The standard InChI is InChI=1S/C14H16ClN3O3/c15-12-8-7-10(9-13(12)18(20)21)14(19)17-16-11-5-3-1-2-4-6-11/h7-9H,1-6H2,(H,17,19). The van der Waals surface area contributed by atoms with Crippen LogP contribution in [0, 0.1) is 10.1 Å². The van der Waals surface area contributed by atoms with Crippen LogP contribution in [0.3, 0.4) is 0 Å². The Morgan fingerprint density at radius 1 is 1.24 bits per heavy atom. The van der Waals surface area contributed by atoms with Crippen LogP contribution >= 0.6 is 11.6 Å². The van der Waals surface area contributed by atoms with E-state index in [0.717, 1.165) is 37.5 Å². The molecule has 112 valence electrons. The molecule has 6 nitrogen and oxygen atoms in total. The van der Waals surface area contributed by atoms with Crippen molar-refractivity contribution in [1.82, 2.24) is 5.43 Å². The fourth-order valence-corrected chi connectivity index (χ4v) is 2.42. The van der Waals surface area contributed by atoms with Crippen LogP contribution in [0.1, 0.15) is 48.9 Å². The molecule has 1 aliphatic rings. The van der Waals surface area contributed by atoms with Gasteiger partial charge in [0.05, 0.1) is 4.92 Å². The molecule has 0 atom stereocenters. The first-order valence-electron chi connectivity index (χ1n) is 6.87. The third-order valence-electron chi connectivity index (χ3n) is 3.40. The summed E-state index contributed by atoms with van der Waals surface area (Å²) in [6, 6.07) is 3.94. The van der Waals surface area contributed by atoms with Gasteiger partial charge in [-0.25, -0.2) is 5.43 Å². The van der Waals surface area contributed by atoms with E-state index < -0.39 is 10.8 Å². The quantitative estimate of drug-likeness (QED) is 0.525. The van der Waals surface area contributed by atoms with Crippen molar-refractivity contribution in [2.75, 3.05) is 0 Å². The smallest absolute Gasteiger partial charge is 0.267 e. The maximum atomic E-state index is 12.0. The first-order valence-corrected chi connectivity index (χ1v) is 7.25. The molecule has 2 rings (SSSR count). The Labute approximate surface area is 127 Å². The summed E-state index contributed by atoms with van der Waals surface area (Å²) < 4.78 is 0. The zero-order chi connectivity index (χ0) is 15.2. The van der Waals surface area contributed by atoms with Crippen molar-refractivity contribution in [3.05, 3.63) is 38.9 Å². The van der Waals surface area contributed by atoms with Gasteiger partial charge in [0, 0.05) is 17.3 Å². The molecule has 21 heavy (non-hydrogen) atoms. The Morgan fingerprint density at radius 3 is 2.52 bits per heavy atom. The summed E-state index contributed by atoms with van der Waals surface area (Å²) in [5, 5.41) is 14.9. The number of hydrazone groups is 1. The zero-order valence-corrected chi connectivity index (χ0v) is 12.2. The second-order valence-corrected chi connectivity index (χ2v) is 5.36. The third kappa shape index (κ3) is 4.26. The SMILES string of the molecule is O=C(NN=C1CCCCCC1)c1ccc(Cl)c([N+](=O)[O-])c1. The maximum Gasteiger partial charge on any atom is 0.288 e. The van der Waals surface area contributed by atoms with Crippen LogP contribution in [0.25, 0.3) is 0 Å². The molecular formula is C14H16ClN3O3. The summed E-state index contributed by atoms with van der Waals surface area (Å²) in [5.74, 6) is -0.466. The number of nitrogens with one attached hydrogen (secondary N) is 1. The van der Waals surface area contributed by atoms with E-state index >= 15 is 0 Å². The van der Waals surface area contributed by atoms with E-state index in [1.54, 1.807) is 0 Å². The normalized spacial score (nSPS) is 15.2. The molecule has 0 aromatic heterocycles. The van der Waals surface area contributed by atoms with Gasteiger partial charge in [0.2, 0.25) is 0 Å². The molecule has 1 aromatic carbocycles. The maximum absolute atomic E-state index is 12.0. The molecule has 1 amide bonds. The zero-order valence-electron chi connectivity index (χ0n) is 11.5. The van der Waals surface area contributed by atoms with Crippen LogP contribution in [-0.4, -0.2) is 16.5 Å². The second-order valence-electron chi connectivity index (χ2n) is 4.96. The molecule has 0 saturated heterocycles. The Balaban J connectivity index is 2.08. The van der Waals surface area contributed by atoms with Gasteiger partial charge in [0.25, 0.3) is 11.6 Å². The first kappa shape index (κ1) is 15.4. The minimum Gasteiger partial charge on any atom is -0.267 e. The van der Waals surface area contributed by atoms with Gasteiger partial charge < -0.3 is 0 Å². The van der Waals surface area contributed by atoms with E-state index in [9.17, 15) is 14.9 Å². The molecule has 0 unspecified atom stereocenters. The highest BCUT2D eigenvalue weighted by Crippen LogP contribution is 2.25. The molecular weight excluding hydrogens is 294 g/mol. The molecule has 0 spiro atoms. The van der Waals surface area contributed by atoms with Crippen LogP contribution in [0.4, 0.5) is 5.69 Å². The minimum atomic E-state index is -0.615. The average Bonchev–Trinajstić information content (AvgIpc) is 2.73. The minimum absolute atomic E-state index is 0.00614. The molecule has 1 N–H and O–H groups in total. The van der Waals surface area contributed by atoms with Crippen molar-refractivity contribution in [1.29, 1.82) is 0 Å². The lowest BCUT2D eigenvalue weighted by molar-refractivity contribution is -0.384. The topological polar surface area (TPSA) is 84.6 Å².